The van der Waals surface area contributed by atoms with E-state index in [2.05, 4.69) is 41.2 Å². The van der Waals surface area contributed by atoms with Crippen LogP contribution in [-0.4, -0.2) is 20.7 Å². The lowest BCUT2D eigenvalue weighted by Crippen LogP contribution is -2.34. The topological polar surface area (TPSA) is 94.8 Å². The third-order valence-corrected chi connectivity index (χ3v) is 4.84. The number of allylic oxidation sites excluding steroid dienone is 1. The minimum atomic E-state index is -4.70. The van der Waals surface area contributed by atoms with Gasteiger partial charge in [-0.3, -0.25) is 10.8 Å². The number of nitrogens with one attached hydrogen (secondary N) is 1. The summed E-state index contributed by atoms with van der Waals surface area (Å²) in [5, 5.41) is 0. The minimum Gasteiger partial charge on any atom is -0.397 e. The molecule has 0 spiro atoms. The fourth-order valence-corrected chi connectivity index (χ4v) is 3.24. The van der Waals surface area contributed by atoms with Gasteiger partial charge in [-0.15, -0.1) is 0 Å². The van der Waals surface area contributed by atoms with Gasteiger partial charge < -0.3 is 15.7 Å². The Labute approximate surface area is 172 Å². The van der Waals surface area contributed by atoms with E-state index in [-0.39, 0.29) is 11.6 Å². The molecule has 0 saturated carbocycles. The zero-order chi connectivity index (χ0) is 21.9. The Morgan fingerprint density at radius 1 is 1.13 bits per heavy atom. The smallest absolute Gasteiger partial charge is 0.397 e. The van der Waals surface area contributed by atoms with Crippen LogP contribution < -0.4 is 17.0 Å². The third-order valence-electron chi connectivity index (χ3n) is 4.84. The van der Waals surface area contributed by atoms with Crippen LogP contribution in [0.1, 0.15) is 36.1 Å². The number of alkyl halides is 3. The van der Waals surface area contributed by atoms with Crippen molar-refractivity contribution in [1.29, 1.82) is 0 Å². The van der Waals surface area contributed by atoms with E-state index in [0.717, 1.165) is 12.0 Å². The Morgan fingerprint density at radius 3 is 2.43 bits per heavy atom. The summed E-state index contributed by atoms with van der Waals surface area (Å²) >= 11 is 0. The van der Waals surface area contributed by atoms with Crippen molar-refractivity contribution in [2.45, 2.75) is 32.5 Å². The molecule has 0 aliphatic heterocycles. The highest BCUT2D eigenvalue weighted by molar-refractivity contribution is 5.69. The first-order valence-electron chi connectivity index (χ1n) is 9.35. The fraction of sp³-hybridized carbons (Fsp3) is 0.238. The van der Waals surface area contributed by atoms with Crippen molar-refractivity contribution < 1.29 is 13.2 Å². The van der Waals surface area contributed by atoms with Crippen LogP contribution in [0.5, 0.6) is 0 Å². The molecule has 6 nitrogen and oxygen atoms in total. The highest BCUT2D eigenvalue weighted by Gasteiger charge is 2.36. The lowest BCUT2D eigenvalue weighted by atomic mass is 10.0. The number of nitrogens with two attached hydrogens (primary N) is 2. The summed E-state index contributed by atoms with van der Waals surface area (Å²) in [6.45, 7) is 4.11. The second-order valence-corrected chi connectivity index (χ2v) is 6.90. The quantitative estimate of drug-likeness (QED) is 0.418. The molecule has 2 heterocycles. The van der Waals surface area contributed by atoms with Gasteiger partial charge in [0.1, 0.15) is 5.69 Å². The predicted molar refractivity (Wildman–Crippen MR) is 110 cm³/mol. The number of aryl methyl sites for hydroxylation is 1. The zero-order valence-corrected chi connectivity index (χ0v) is 16.6. The first-order chi connectivity index (χ1) is 14.2. The predicted octanol–water partition coefficient (Wildman–Crippen LogP) is 3.91. The fourth-order valence-electron chi connectivity index (χ4n) is 3.24. The number of hydrazine groups is 1. The summed E-state index contributed by atoms with van der Waals surface area (Å²) in [5.74, 6) is 5.02. The van der Waals surface area contributed by atoms with Crippen molar-refractivity contribution in [2.75, 3.05) is 0 Å². The standard InChI is InChI=1S/C21H23F3N6/c1-3-18(14-6-4-13(2)5-7-14)30-11-17(28-12-30)16-10-15(8-9-27-16)19(25)20(29-26)21(22,23)24/h4-12,18,29H,3,25-26H2,1-2H3/b20-19-. The molecule has 3 rings (SSSR count). The maximum Gasteiger partial charge on any atom is 0.434 e. The van der Waals surface area contributed by atoms with E-state index in [1.807, 2.05) is 17.7 Å². The van der Waals surface area contributed by atoms with E-state index >= 15 is 0 Å². The first kappa shape index (κ1) is 21.4. The van der Waals surface area contributed by atoms with Crippen molar-refractivity contribution in [3.63, 3.8) is 0 Å². The van der Waals surface area contributed by atoms with Gasteiger partial charge in [-0.25, -0.2) is 4.98 Å². The Hall–Kier alpha value is -3.33. The number of nitrogens with zero attached hydrogens (tertiary/aromatic N) is 3. The molecule has 2 aromatic heterocycles. The lowest BCUT2D eigenvalue weighted by Gasteiger charge is -2.17. The molecule has 0 amide bonds. The van der Waals surface area contributed by atoms with Crippen molar-refractivity contribution in [3.05, 3.63) is 77.5 Å². The summed E-state index contributed by atoms with van der Waals surface area (Å²) in [6.07, 6.45) is 1.05. The zero-order valence-electron chi connectivity index (χ0n) is 16.6. The molecule has 0 fully saturated rings. The highest BCUT2D eigenvalue weighted by atomic mass is 19.4. The minimum absolute atomic E-state index is 0.0817. The summed E-state index contributed by atoms with van der Waals surface area (Å²) in [6, 6.07) is 11.2. The van der Waals surface area contributed by atoms with Gasteiger partial charge in [0.2, 0.25) is 0 Å². The molecule has 1 aromatic carbocycles. The Balaban J connectivity index is 1.95. The molecule has 0 bridgehead atoms. The lowest BCUT2D eigenvalue weighted by molar-refractivity contribution is -0.0961. The van der Waals surface area contributed by atoms with Gasteiger partial charge >= 0.3 is 6.18 Å². The molecule has 0 aliphatic carbocycles. The van der Waals surface area contributed by atoms with Gasteiger partial charge in [-0.2, -0.15) is 13.2 Å². The number of rotatable bonds is 6. The average Bonchev–Trinajstić information content (AvgIpc) is 3.19. The molecule has 1 unspecified atom stereocenters. The van der Waals surface area contributed by atoms with Crippen LogP contribution >= 0.6 is 0 Å². The molecule has 5 N–H and O–H groups in total. The number of pyridine rings is 1. The molecule has 0 saturated heterocycles. The van der Waals surface area contributed by atoms with Crippen LogP contribution in [0, 0.1) is 6.92 Å². The molecular formula is C21H23F3N6. The average molecular weight is 416 g/mol. The normalized spacial score (nSPS) is 13.7. The van der Waals surface area contributed by atoms with Gasteiger partial charge in [0.15, 0.2) is 5.70 Å². The number of aromatic nitrogens is 3. The van der Waals surface area contributed by atoms with E-state index in [1.54, 1.807) is 11.8 Å². The van der Waals surface area contributed by atoms with Crippen molar-refractivity contribution in [1.82, 2.24) is 20.0 Å². The molecule has 0 aliphatic rings. The van der Waals surface area contributed by atoms with Crippen LogP contribution in [0.3, 0.4) is 0 Å². The van der Waals surface area contributed by atoms with Crippen molar-refractivity contribution in [3.8, 4) is 11.4 Å². The van der Waals surface area contributed by atoms with Gasteiger partial charge in [0.05, 0.1) is 23.8 Å². The number of halogens is 3. The van der Waals surface area contributed by atoms with Gasteiger partial charge in [-0.05, 0) is 31.0 Å². The molecule has 0 radical (unpaired) electrons. The Bertz CT molecular complexity index is 1040. The monoisotopic (exact) mass is 416 g/mol. The van der Waals surface area contributed by atoms with Crippen molar-refractivity contribution >= 4 is 5.70 Å². The molecular weight excluding hydrogens is 393 g/mol. The van der Waals surface area contributed by atoms with Crippen molar-refractivity contribution in [2.24, 2.45) is 11.6 Å². The van der Waals surface area contributed by atoms with Gasteiger partial charge in [-0.1, -0.05) is 36.8 Å². The summed E-state index contributed by atoms with van der Waals surface area (Å²) in [5.41, 5.74) is 9.03. The van der Waals surface area contributed by atoms with E-state index < -0.39 is 17.6 Å². The van der Waals surface area contributed by atoms with E-state index in [4.69, 9.17) is 11.6 Å². The number of hydrogen-bond acceptors (Lipinski definition) is 5. The number of hydrogen-bond donors (Lipinski definition) is 3. The second kappa shape index (κ2) is 8.58. The molecule has 158 valence electrons. The van der Waals surface area contributed by atoms with Crippen LogP contribution in [0.15, 0.2) is 60.8 Å². The third kappa shape index (κ3) is 4.46. The molecule has 9 heteroatoms. The largest absolute Gasteiger partial charge is 0.434 e. The Kier molecular flexibility index (Phi) is 6.12. The van der Waals surface area contributed by atoms with E-state index in [0.29, 0.717) is 11.4 Å². The van der Waals surface area contributed by atoms with E-state index in [9.17, 15) is 13.2 Å². The van der Waals surface area contributed by atoms with Crippen LogP contribution in [0.4, 0.5) is 13.2 Å². The summed E-state index contributed by atoms with van der Waals surface area (Å²) in [4.78, 5) is 8.63. The van der Waals surface area contributed by atoms with E-state index in [1.165, 1.54) is 23.9 Å². The van der Waals surface area contributed by atoms with Crippen LogP contribution in [0.25, 0.3) is 17.1 Å². The summed E-state index contributed by atoms with van der Waals surface area (Å²) < 4.78 is 41.2. The van der Waals surface area contributed by atoms with Crippen LogP contribution in [-0.2, 0) is 0 Å². The van der Waals surface area contributed by atoms with Gasteiger partial charge in [0, 0.05) is 18.0 Å². The summed E-state index contributed by atoms with van der Waals surface area (Å²) in [7, 11) is 0. The number of benzene rings is 1. The SMILES string of the molecule is CCC(c1ccc(C)cc1)n1cnc(-c2cc(/C(N)=C(/NN)C(F)(F)F)ccn2)c1. The van der Waals surface area contributed by atoms with Gasteiger partial charge in [0.25, 0.3) is 0 Å². The highest BCUT2D eigenvalue weighted by Crippen LogP contribution is 2.29. The maximum absolute atomic E-state index is 13.1. The Morgan fingerprint density at radius 2 is 1.83 bits per heavy atom. The van der Waals surface area contributed by atoms with Crippen LogP contribution in [0.2, 0.25) is 0 Å². The second-order valence-electron chi connectivity index (χ2n) is 6.90. The maximum atomic E-state index is 13.1. The first-order valence-corrected chi connectivity index (χ1v) is 9.35. The molecule has 30 heavy (non-hydrogen) atoms. The molecule has 1 atom stereocenters. The molecule has 3 aromatic rings. The number of imidazole rings is 1.